The second-order valence-corrected chi connectivity index (χ2v) is 8.17. The minimum Gasteiger partial charge on any atom is -0.497 e. The molecule has 0 unspecified atom stereocenters. The lowest BCUT2D eigenvalue weighted by Crippen LogP contribution is -2.28. The highest BCUT2D eigenvalue weighted by atomic mass is 32.1. The van der Waals surface area contributed by atoms with Crippen LogP contribution >= 0.6 is 11.3 Å². The summed E-state index contributed by atoms with van der Waals surface area (Å²) in [4.78, 5) is 20.4. The molecular formula is C23H32N4O3S. The van der Waals surface area contributed by atoms with Crippen molar-refractivity contribution in [3.8, 4) is 22.8 Å². The molecular weight excluding hydrogens is 412 g/mol. The SMILES string of the molecule is CCN(CC)CCCCNC(=O)Cc1csc2nc(-c3cc(OC)ccc3OC)cn12. The summed E-state index contributed by atoms with van der Waals surface area (Å²) < 4.78 is 12.8. The number of imidazole rings is 1. The van der Waals surface area contributed by atoms with Crippen molar-refractivity contribution in [1.82, 2.24) is 19.6 Å². The van der Waals surface area contributed by atoms with Crippen molar-refractivity contribution in [2.75, 3.05) is 40.4 Å². The summed E-state index contributed by atoms with van der Waals surface area (Å²) in [6.07, 6.45) is 4.38. The molecule has 0 bridgehead atoms. The maximum Gasteiger partial charge on any atom is 0.225 e. The van der Waals surface area contributed by atoms with Crippen LogP contribution in [0.3, 0.4) is 0 Å². The first-order valence-corrected chi connectivity index (χ1v) is 11.6. The van der Waals surface area contributed by atoms with Gasteiger partial charge in [0.25, 0.3) is 0 Å². The van der Waals surface area contributed by atoms with Gasteiger partial charge in [-0.3, -0.25) is 9.20 Å². The zero-order valence-electron chi connectivity index (χ0n) is 18.8. The number of nitrogens with one attached hydrogen (secondary N) is 1. The molecule has 0 saturated carbocycles. The van der Waals surface area contributed by atoms with Crippen molar-refractivity contribution in [2.45, 2.75) is 33.1 Å². The molecule has 0 saturated heterocycles. The van der Waals surface area contributed by atoms with Gasteiger partial charge in [-0.15, -0.1) is 11.3 Å². The van der Waals surface area contributed by atoms with E-state index in [0.717, 1.165) is 65.9 Å². The quantitative estimate of drug-likeness (QED) is 0.430. The molecule has 7 nitrogen and oxygen atoms in total. The third-order valence-electron chi connectivity index (χ3n) is 5.43. The van der Waals surface area contributed by atoms with Gasteiger partial charge in [-0.1, -0.05) is 13.8 Å². The van der Waals surface area contributed by atoms with E-state index in [4.69, 9.17) is 14.5 Å². The van der Waals surface area contributed by atoms with Gasteiger partial charge in [0.15, 0.2) is 4.96 Å². The van der Waals surface area contributed by atoms with Gasteiger partial charge in [-0.25, -0.2) is 4.98 Å². The zero-order chi connectivity index (χ0) is 22.2. The molecule has 0 fully saturated rings. The monoisotopic (exact) mass is 444 g/mol. The normalized spacial score (nSPS) is 11.3. The number of amides is 1. The lowest BCUT2D eigenvalue weighted by Gasteiger charge is -2.17. The average molecular weight is 445 g/mol. The maximum atomic E-state index is 12.4. The summed E-state index contributed by atoms with van der Waals surface area (Å²) in [6.45, 7) is 8.30. The van der Waals surface area contributed by atoms with Gasteiger partial charge in [0, 0.05) is 29.4 Å². The first-order valence-electron chi connectivity index (χ1n) is 10.8. The van der Waals surface area contributed by atoms with Gasteiger partial charge >= 0.3 is 0 Å². The van der Waals surface area contributed by atoms with Crippen LogP contribution in [-0.2, 0) is 11.2 Å². The van der Waals surface area contributed by atoms with Gasteiger partial charge in [0.05, 0.1) is 26.3 Å². The number of benzene rings is 1. The van der Waals surface area contributed by atoms with Crippen LogP contribution in [0.25, 0.3) is 16.2 Å². The van der Waals surface area contributed by atoms with Crippen molar-refractivity contribution in [3.05, 3.63) is 35.5 Å². The van der Waals surface area contributed by atoms with Crippen molar-refractivity contribution < 1.29 is 14.3 Å². The molecule has 0 aliphatic heterocycles. The van der Waals surface area contributed by atoms with Crippen LogP contribution in [0.4, 0.5) is 0 Å². The van der Waals surface area contributed by atoms with Crippen LogP contribution in [0.5, 0.6) is 11.5 Å². The molecule has 168 valence electrons. The lowest BCUT2D eigenvalue weighted by atomic mass is 10.1. The van der Waals surface area contributed by atoms with Crippen LogP contribution in [0.1, 0.15) is 32.4 Å². The van der Waals surface area contributed by atoms with Gasteiger partial charge in [-0.2, -0.15) is 0 Å². The number of aromatic nitrogens is 2. The summed E-state index contributed by atoms with van der Waals surface area (Å²) in [5.74, 6) is 1.51. The van der Waals surface area contributed by atoms with Gasteiger partial charge in [0.2, 0.25) is 5.91 Å². The third kappa shape index (κ3) is 5.77. The topological polar surface area (TPSA) is 68.1 Å². The Kier molecular flexibility index (Phi) is 8.31. The van der Waals surface area contributed by atoms with Gasteiger partial charge in [-0.05, 0) is 50.7 Å². The Morgan fingerprint density at radius 2 is 2.00 bits per heavy atom. The van der Waals surface area contributed by atoms with Crippen molar-refractivity contribution in [3.63, 3.8) is 0 Å². The minimum absolute atomic E-state index is 0.0387. The number of hydrogen-bond donors (Lipinski definition) is 1. The summed E-state index contributed by atoms with van der Waals surface area (Å²) in [7, 11) is 3.28. The predicted molar refractivity (Wildman–Crippen MR) is 125 cm³/mol. The second kappa shape index (κ2) is 11.2. The second-order valence-electron chi connectivity index (χ2n) is 7.33. The number of unbranched alkanes of at least 4 members (excludes halogenated alkanes) is 1. The smallest absolute Gasteiger partial charge is 0.225 e. The first kappa shape index (κ1) is 23.1. The molecule has 1 N–H and O–H groups in total. The highest BCUT2D eigenvalue weighted by Gasteiger charge is 2.15. The summed E-state index contributed by atoms with van der Waals surface area (Å²) >= 11 is 1.53. The van der Waals surface area contributed by atoms with Crippen LogP contribution in [0.2, 0.25) is 0 Å². The van der Waals surface area contributed by atoms with E-state index < -0.39 is 0 Å². The molecule has 0 aliphatic carbocycles. The minimum atomic E-state index is 0.0387. The van der Waals surface area contributed by atoms with Crippen LogP contribution in [-0.4, -0.2) is 60.6 Å². The van der Waals surface area contributed by atoms with E-state index in [0.29, 0.717) is 13.0 Å². The van der Waals surface area contributed by atoms with E-state index in [9.17, 15) is 4.79 Å². The van der Waals surface area contributed by atoms with Crippen molar-refractivity contribution in [1.29, 1.82) is 0 Å². The Balaban J connectivity index is 1.62. The van der Waals surface area contributed by atoms with E-state index in [1.165, 1.54) is 11.3 Å². The summed E-state index contributed by atoms with van der Waals surface area (Å²) in [5, 5.41) is 5.04. The third-order valence-corrected chi connectivity index (χ3v) is 6.31. The predicted octanol–water partition coefficient (Wildman–Crippen LogP) is 3.86. The Hall–Kier alpha value is -2.58. The number of carbonyl (C=O) groups is 1. The molecule has 31 heavy (non-hydrogen) atoms. The van der Waals surface area contributed by atoms with Crippen molar-refractivity contribution >= 4 is 22.2 Å². The first-order chi connectivity index (χ1) is 15.1. The van der Waals surface area contributed by atoms with Gasteiger partial charge in [0.1, 0.15) is 11.5 Å². The number of ether oxygens (including phenoxy) is 2. The largest absolute Gasteiger partial charge is 0.497 e. The molecule has 2 aromatic heterocycles. The average Bonchev–Trinajstić information content (AvgIpc) is 3.37. The summed E-state index contributed by atoms with van der Waals surface area (Å²) in [6, 6.07) is 5.64. The molecule has 0 aliphatic rings. The highest BCUT2D eigenvalue weighted by Crippen LogP contribution is 2.34. The fourth-order valence-corrected chi connectivity index (χ4v) is 4.43. The lowest BCUT2D eigenvalue weighted by molar-refractivity contribution is -0.120. The Bertz CT molecular complexity index is 994. The standard InChI is InChI=1S/C23H32N4O3S/c1-5-26(6-2)12-8-7-11-24-22(28)13-17-16-31-23-25-20(15-27(17)23)19-14-18(29-3)9-10-21(19)30-4/h9-10,14-16H,5-8,11-13H2,1-4H3,(H,24,28). The molecule has 0 spiro atoms. The van der Waals surface area contributed by atoms with Crippen molar-refractivity contribution in [2.24, 2.45) is 0 Å². The molecule has 3 rings (SSSR count). The Labute approximate surface area is 188 Å². The van der Waals surface area contributed by atoms with Crippen LogP contribution in [0.15, 0.2) is 29.8 Å². The number of methoxy groups -OCH3 is 2. The maximum absolute atomic E-state index is 12.4. The number of fused-ring (bicyclic) bond motifs is 1. The number of thiazole rings is 1. The molecule has 1 amide bonds. The van der Waals surface area contributed by atoms with Crippen LogP contribution in [0, 0.1) is 0 Å². The molecule has 2 heterocycles. The number of carbonyl (C=O) groups excluding carboxylic acids is 1. The van der Waals surface area contributed by atoms with Gasteiger partial charge < -0.3 is 19.7 Å². The van der Waals surface area contributed by atoms with E-state index >= 15 is 0 Å². The highest BCUT2D eigenvalue weighted by molar-refractivity contribution is 7.15. The number of hydrogen-bond acceptors (Lipinski definition) is 6. The summed E-state index contributed by atoms with van der Waals surface area (Å²) in [5.41, 5.74) is 2.59. The molecule has 1 aromatic carbocycles. The van der Waals surface area contributed by atoms with E-state index in [2.05, 4.69) is 24.1 Å². The Morgan fingerprint density at radius 3 is 2.71 bits per heavy atom. The molecule has 0 atom stereocenters. The number of nitrogens with zero attached hydrogens (tertiary/aromatic N) is 3. The van der Waals surface area contributed by atoms with Crippen LogP contribution < -0.4 is 14.8 Å². The number of rotatable bonds is 12. The van der Waals surface area contributed by atoms with E-state index in [-0.39, 0.29) is 5.91 Å². The fraction of sp³-hybridized carbons (Fsp3) is 0.478. The van der Waals surface area contributed by atoms with E-state index in [1.807, 2.05) is 34.2 Å². The fourth-order valence-electron chi connectivity index (χ4n) is 3.56. The Morgan fingerprint density at radius 1 is 1.19 bits per heavy atom. The molecule has 8 heteroatoms. The van der Waals surface area contributed by atoms with E-state index in [1.54, 1.807) is 14.2 Å². The zero-order valence-corrected chi connectivity index (χ0v) is 19.6. The molecule has 0 radical (unpaired) electrons. The molecule has 3 aromatic rings.